The first-order valence-electron chi connectivity index (χ1n) is 8.20. The van der Waals surface area contributed by atoms with Crippen LogP contribution in [0.25, 0.3) is 0 Å². The molecule has 1 aliphatic rings. The van der Waals surface area contributed by atoms with Crippen LogP contribution in [0.5, 0.6) is 0 Å². The second-order valence-corrected chi connectivity index (χ2v) is 5.96. The molecule has 2 aromatic carbocycles. The van der Waals surface area contributed by atoms with Gasteiger partial charge in [-0.05, 0) is 56.2 Å². The zero-order valence-corrected chi connectivity index (χ0v) is 13.5. The van der Waals surface area contributed by atoms with Crippen LogP contribution in [0.1, 0.15) is 19.8 Å². The number of nitrogens with zero attached hydrogens (tertiary/aromatic N) is 1. The molecular weight excluding hydrogens is 286 g/mol. The van der Waals surface area contributed by atoms with Gasteiger partial charge in [-0.2, -0.15) is 0 Å². The summed E-state index contributed by atoms with van der Waals surface area (Å²) in [6.45, 7) is 4.15. The fourth-order valence-corrected chi connectivity index (χ4v) is 2.83. The fourth-order valence-electron chi connectivity index (χ4n) is 2.83. The zero-order chi connectivity index (χ0) is 16.1. The average Bonchev–Trinajstić information content (AvgIpc) is 3.11. The minimum Gasteiger partial charge on any atom is -0.374 e. The molecule has 1 saturated heterocycles. The second kappa shape index (κ2) is 7.18. The molecule has 1 fully saturated rings. The van der Waals surface area contributed by atoms with Gasteiger partial charge in [-0.1, -0.05) is 18.2 Å². The molecule has 3 rings (SSSR count). The number of carbonyl (C=O) groups excluding carboxylic acids is 1. The summed E-state index contributed by atoms with van der Waals surface area (Å²) >= 11 is 0. The van der Waals surface area contributed by atoms with E-state index in [1.54, 1.807) is 0 Å². The predicted octanol–water partition coefficient (Wildman–Crippen LogP) is 3.73. The SMILES string of the molecule is C[C@@H](Nc1ccc(N2CCCC2)cc1)C(=O)Nc1ccccc1. The lowest BCUT2D eigenvalue weighted by Crippen LogP contribution is -2.31. The van der Waals surface area contributed by atoms with Gasteiger partial charge in [0.1, 0.15) is 6.04 Å². The number of para-hydroxylation sites is 1. The number of nitrogens with one attached hydrogen (secondary N) is 2. The molecular formula is C19H23N3O. The van der Waals surface area contributed by atoms with Crippen molar-refractivity contribution in [3.8, 4) is 0 Å². The first-order valence-corrected chi connectivity index (χ1v) is 8.20. The molecule has 0 aliphatic carbocycles. The molecule has 1 amide bonds. The lowest BCUT2D eigenvalue weighted by Gasteiger charge is -2.19. The number of rotatable bonds is 5. The Morgan fingerprint density at radius 3 is 2.26 bits per heavy atom. The van der Waals surface area contributed by atoms with Crippen LogP contribution in [-0.2, 0) is 4.79 Å². The second-order valence-electron chi connectivity index (χ2n) is 5.96. The minimum absolute atomic E-state index is 0.0418. The Bertz CT molecular complexity index is 633. The minimum atomic E-state index is -0.298. The quantitative estimate of drug-likeness (QED) is 0.884. The molecule has 0 bridgehead atoms. The summed E-state index contributed by atoms with van der Waals surface area (Å²) in [6, 6.07) is 17.5. The number of amides is 1. The Morgan fingerprint density at radius 2 is 1.61 bits per heavy atom. The third-order valence-electron chi connectivity index (χ3n) is 4.16. The van der Waals surface area contributed by atoms with E-state index in [4.69, 9.17) is 0 Å². The Kier molecular flexibility index (Phi) is 4.81. The lowest BCUT2D eigenvalue weighted by atomic mass is 10.2. The van der Waals surface area contributed by atoms with E-state index >= 15 is 0 Å². The van der Waals surface area contributed by atoms with Crippen LogP contribution in [0.15, 0.2) is 54.6 Å². The van der Waals surface area contributed by atoms with Crippen LogP contribution in [0, 0.1) is 0 Å². The predicted molar refractivity (Wildman–Crippen MR) is 96.0 cm³/mol. The Labute approximate surface area is 137 Å². The van der Waals surface area contributed by atoms with Crippen molar-refractivity contribution in [3.05, 3.63) is 54.6 Å². The van der Waals surface area contributed by atoms with Crippen LogP contribution in [0.3, 0.4) is 0 Å². The molecule has 1 atom stereocenters. The normalized spacial score (nSPS) is 15.3. The van der Waals surface area contributed by atoms with Crippen molar-refractivity contribution in [3.63, 3.8) is 0 Å². The van der Waals surface area contributed by atoms with Crippen LogP contribution < -0.4 is 15.5 Å². The van der Waals surface area contributed by atoms with E-state index in [0.29, 0.717) is 0 Å². The Hall–Kier alpha value is -2.49. The van der Waals surface area contributed by atoms with Gasteiger partial charge >= 0.3 is 0 Å². The Morgan fingerprint density at radius 1 is 0.957 bits per heavy atom. The maximum atomic E-state index is 12.2. The molecule has 120 valence electrons. The Balaban J connectivity index is 1.56. The van der Waals surface area contributed by atoms with Crippen molar-refractivity contribution < 1.29 is 4.79 Å². The zero-order valence-electron chi connectivity index (χ0n) is 13.5. The van der Waals surface area contributed by atoms with Gasteiger partial charge in [-0.15, -0.1) is 0 Å². The van der Waals surface area contributed by atoms with E-state index in [9.17, 15) is 4.79 Å². The molecule has 0 aromatic heterocycles. The van der Waals surface area contributed by atoms with Crippen molar-refractivity contribution >= 4 is 23.0 Å². The molecule has 23 heavy (non-hydrogen) atoms. The molecule has 4 nitrogen and oxygen atoms in total. The molecule has 0 radical (unpaired) electrons. The number of hydrogen-bond acceptors (Lipinski definition) is 3. The van der Waals surface area contributed by atoms with E-state index in [2.05, 4.69) is 27.7 Å². The van der Waals surface area contributed by atoms with Crippen molar-refractivity contribution in [2.24, 2.45) is 0 Å². The van der Waals surface area contributed by atoms with Crippen LogP contribution in [0.4, 0.5) is 17.1 Å². The number of benzene rings is 2. The highest BCUT2D eigenvalue weighted by molar-refractivity contribution is 5.96. The summed E-state index contributed by atoms with van der Waals surface area (Å²) in [5.74, 6) is -0.0418. The number of hydrogen-bond donors (Lipinski definition) is 2. The number of carbonyl (C=O) groups is 1. The van der Waals surface area contributed by atoms with Gasteiger partial charge in [0.15, 0.2) is 0 Å². The highest BCUT2D eigenvalue weighted by Gasteiger charge is 2.14. The van der Waals surface area contributed by atoms with Gasteiger partial charge in [-0.25, -0.2) is 0 Å². The maximum Gasteiger partial charge on any atom is 0.246 e. The summed E-state index contributed by atoms with van der Waals surface area (Å²) in [5, 5.41) is 6.16. The van der Waals surface area contributed by atoms with Crippen LogP contribution >= 0.6 is 0 Å². The van der Waals surface area contributed by atoms with Gasteiger partial charge in [0, 0.05) is 30.2 Å². The smallest absolute Gasteiger partial charge is 0.246 e. The maximum absolute atomic E-state index is 12.2. The molecule has 0 unspecified atom stereocenters. The van der Waals surface area contributed by atoms with Crippen LogP contribution in [-0.4, -0.2) is 25.0 Å². The van der Waals surface area contributed by atoms with Gasteiger partial charge in [0.05, 0.1) is 0 Å². The summed E-state index contributed by atoms with van der Waals surface area (Å²) in [6.07, 6.45) is 2.55. The molecule has 0 saturated carbocycles. The van der Waals surface area contributed by atoms with Gasteiger partial charge in [-0.3, -0.25) is 4.79 Å². The fraction of sp³-hybridized carbons (Fsp3) is 0.316. The van der Waals surface area contributed by atoms with E-state index < -0.39 is 0 Å². The van der Waals surface area contributed by atoms with Crippen molar-refractivity contribution in [2.45, 2.75) is 25.8 Å². The van der Waals surface area contributed by atoms with E-state index in [0.717, 1.165) is 24.5 Å². The molecule has 2 aromatic rings. The standard InChI is InChI=1S/C19H23N3O/c1-15(19(23)21-16-7-3-2-4-8-16)20-17-9-11-18(12-10-17)22-13-5-6-14-22/h2-4,7-12,15,20H,5-6,13-14H2,1H3,(H,21,23)/t15-/m1/s1. The lowest BCUT2D eigenvalue weighted by molar-refractivity contribution is -0.116. The molecule has 1 aliphatic heterocycles. The van der Waals surface area contributed by atoms with Crippen molar-refractivity contribution in [1.82, 2.24) is 0 Å². The third-order valence-corrected chi connectivity index (χ3v) is 4.16. The first-order chi connectivity index (χ1) is 11.2. The average molecular weight is 309 g/mol. The van der Waals surface area contributed by atoms with Crippen molar-refractivity contribution in [2.75, 3.05) is 28.6 Å². The number of anilines is 3. The molecule has 2 N–H and O–H groups in total. The third kappa shape index (κ3) is 4.03. The topological polar surface area (TPSA) is 44.4 Å². The van der Waals surface area contributed by atoms with E-state index in [1.807, 2.05) is 49.4 Å². The summed E-state index contributed by atoms with van der Waals surface area (Å²) in [7, 11) is 0. The first kappa shape index (κ1) is 15.4. The van der Waals surface area contributed by atoms with E-state index in [-0.39, 0.29) is 11.9 Å². The molecule has 0 spiro atoms. The monoisotopic (exact) mass is 309 g/mol. The van der Waals surface area contributed by atoms with Gasteiger partial charge in [0.2, 0.25) is 5.91 Å². The van der Waals surface area contributed by atoms with Gasteiger partial charge < -0.3 is 15.5 Å². The van der Waals surface area contributed by atoms with Crippen LogP contribution in [0.2, 0.25) is 0 Å². The summed E-state index contributed by atoms with van der Waals surface area (Å²) in [4.78, 5) is 14.6. The summed E-state index contributed by atoms with van der Waals surface area (Å²) < 4.78 is 0. The van der Waals surface area contributed by atoms with Gasteiger partial charge in [0.25, 0.3) is 0 Å². The highest BCUT2D eigenvalue weighted by Crippen LogP contribution is 2.22. The molecule has 4 heteroatoms. The van der Waals surface area contributed by atoms with Crippen molar-refractivity contribution in [1.29, 1.82) is 0 Å². The molecule has 1 heterocycles. The summed E-state index contributed by atoms with van der Waals surface area (Å²) in [5.41, 5.74) is 3.04. The highest BCUT2D eigenvalue weighted by atomic mass is 16.2. The largest absolute Gasteiger partial charge is 0.374 e. The van der Waals surface area contributed by atoms with E-state index in [1.165, 1.54) is 18.5 Å².